The van der Waals surface area contributed by atoms with Crippen LogP contribution in [0.25, 0.3) is 0 Å². The van der Waals surface area contributed by atoms with Crippen LogP contribution in [-0.4, -0.2) is 18.4 Å². The quantitative estimate of drug-likeness (QED) is 0.637. The summed E-state index contributed by atoms with van der Waals surface area (Å²) in [6.45, 7) is 0. The fraction of sp³-hybridized carbons (Fsp3) is 0. The minimum absolute atomic E-state index is 0.0826. The first-order chi connectivity index (χ1) is 8.47. The van der Waals surface area contributed by atoms with Crippen LogP contribution in [0.2, 0.25) is 0 Å². The van der Waals surface area contributed by atoms with E-state index in [2.05, 4.69) is 9.97 Å². The number of nitrogen functional groups attached to an aromatic ring is 1. The molecule has 1 heterocycles. The van der Waals surface area contributed by atoms with Gasteiger partial charge < -0.3 is 5.73 Å². The summed E-state index contributed by atoms with van der Waals surface area (Å²) in [7, 11) is -3.79. The number of nitrogens with two attached hydrogens (primary N) is 2. The van der Waals surface area contributed by atoms with Crippen LogP contribution in [0.5, 0.6) is 0 Å². The Bertz CT molecular complexity index is 659. The summed E-state index contributed by atoms with van der Waals surface area (Å²) in [5, 5.41) is 5.58. The van der Waals surface area contributed by atoms with Gasteiger partial charge in [-0.1, -0.05) is 0 Å². The first-order valence-electron chi connectivity index (χ1n) is 4.84. The second-order valence-electron chi connectivity index (χ2n) is 3.38. The van der Waals surface area contributed by atoms with Crippen LogP contribution in [-0.2, 0) is 10.0 Å². The van der Waals surface area contributed by atoms with Crippen LogP contribution in [0.3, 0.4) is 0 Å². The molecule has 1 aromatic heterocycles. The molecule has 1 aromatic carbocycles. The number of hydrogen-bond acceptors (Lipinski definition) is 6. The number of rotatable bonds is 3. The van der Waals surface area contributed by atoms with E-state index in [4.69, 9.17) is 10.9 Å². The Morgan fingerprint density at radius 3 is 2.39 bits per heavy atom. The molecule has 0 spiro atoms. The van der Waals surface area contributed by atoms with Crippen molar-refractivity contribution in [1.29, 1.82) is 0 Å². The highest BCUT2D eigenvalue weighted by Gasteiger charge is 2.12. The molecule has 94 valence electrons. The fourth-order valence-corrected chi connectivity index (χ4v) is 2.70. The van der Waals surface area contributed by atoms with Crippen molar-refractivity contribution in [3.05, 3.63) is 36.7 Å². The first kappa shape index (κ1) is 12.8. The number of benzene rings is 1. The molecule has 0 atom stereocenters. The lowest BCUT2D eigenvalue weighted by Crippen LogP contribution is -2.14. The summed E-state index contributed by atoms with van der Waals surface area (Å²) in [5.41, 5.74) is 5.76. The molecule has 0 aliphatic heterocycles. The third-order valence-corrected chi connectivity index (χ3v) is 3.91. The van der Waals surface area contributed by atoms with E-state index >= 15 is 0 Å². The van der Waals surface area contributed by atoms with E-state index in [-0.39, 0.29) is 10.6 Å². The second-order valence-corrected chi connectivity index (χ2v) is 5.95. The number of primary sulfonamides is 1. The largest absolute Gasteiger partial charge is 0.398 e. The van der Waals surface area contributed by atoms with Crippen molar-refractivity contribution in [2.45, 2.75) is 14.9 Å². The lowest BCUT2D eigenvalue weighted by atomic mass is 10.3. The highest BCUT2D eigenvalue weighted by Crippen LogP contribution is 2.28. The smallest absolute Gasteiger partial charge is 0.240 e. The van der Waals surface area contributed by atoms with Gasteiger partial charge in [0.05, 0.1) is 5.69 Å². The molecule has 0 radical (unpaired) electrons. The van der Waals surface area contributed by atoms with Crippen LogP contribution < -0.4 is 10.9 Å². The lowest BCUT2D eigenvalue weighted by molar-refractivity contribution is 0.598. The predicted molar refractivity (Wildman–Crippen MR) is 68.4 cm³/mol. The molecule has 8 heteroatoms. The Balaban J connectivity index is 2.30. The number of nitrogens with zero attached hydrogens (tertiary/aromatic N) is 2. The Hall–Kier alpha value is -1.64. The Morgan fingerprint density at radius 1 is 1.17 bits per heavy atom. The average molecular weight is 282 g/mol. The van der Waals surface area contributed by atoms with E-state index in [1.807, 2.05) is 0 Å². The zero-order valence-electron chi connectivity index (χ0n) is 9.15. The van der Waals surface area contributed by atoms with Gasteiger partial charge >= 0.3 is 0 Å². The van der Waals surface area contributed by atoms with E-state index in [1.165, 1.54) is 23.9 Å². The van der Waals surface area contributed by atoms with E-state index in [0.29, 0.717) is 5.16 Å². The molecule has 0 saturated heterocycles. The standard InChI is InChI=1S/C10H10N4O2S2/c11-8-6-7(2-3-9(8)18(12,15)16)17-10-13-4-1-5-14-10/h1-6H,11H2,(H2,12,15,16). The molecule has 0 bridgehead atoms. The monoisotopic (exact) mass is 282 g/mol. The van der Waals surface area contributed by atoms with Gasteiger partial charge in [-0.3, -0.25) is 0 Å². The highest BCUT2D eigenvalue weighted by atomic mass is 32.2. The van der Waals surface area contributed by atoms with Crippen LogP contribution >= 0.6 is 11.8 Å². The van der Waals surface area contributed by atoms with Gasteiger partial charge in [0.1, 0.15) is 4.90 Å². The van der Waals surface area contributed by atoms with E-state index in [0.717, 1.165) is 4.90 Å². The number of aromatic nitrogens is 2. The number of hydrogen-bond donors (Lipinski definition) is 2. The van der Waals surface area contributed by atoms with Crippen molar-refractivity contribution < 1.29 is 8.42 Å². The number of sulfonamides is 1. The fourth-order valence-electron chi connectivity index (χ4n) is 1.29. The average Bonchev–Trinajstić information content (AvgIpc) is 2.28. The maximum Gasteiger partial charge on any atom is 0.240 e. The van der Waals surface area contributed by atoms with Gasteiger partial charge in [0.2, 0.25) is 10.0 Å². The molecule has 0 aliphatic carbocycles. The minimum atomic E-state index is -3.79. The molecule has 0 saturated carbocycles. The van der Waals surface area contributed by atoms with Gasteiger partial charge in [0.25, 0.3) is 0 Å². The predicted octanol–water partition coefficient (Wildman–Crippen LogP) is 0.857. The summed E-state index contributed by atoms with van der Waals surface area (Å²) in [6, 6.07) is 6.22. The molecule has 4 N–H and O–H groups in total. The van der Waals surface area contributed by atoms with Crippen molar-refractivity contribution in [2.24, 2.45) is 5.14 Å². The summed E-state index contributed by atoms with van der Waals surface area (Å²) in [6.07, 6.45) is 3.24. The number of anilines is 1. The third-order valence-electron chi connectivity index (χ3n) is 2.04. The van der Waals surface area contributed by atoms with Crippen LogP contribution in [0.1, 0.15) is 0 Å². The van der Waals surface area contributed by atoms with E-state index in [1.54, 1.807) is 24.5 Å². The van der Waals surface area contributed by atoms with Gasteiger partial charge in [-0.2, -0.15) is 0 Å². The van der Waals surface area contributed by atoms with Crippen molar-refractivity contribution >= 4 is 27.5 Å². The maximum atomic E-state index is 11.2. The first-order valence-corrected chi connectivity index (χ1v) is 7.20. The SMILES string of the molecule is Nc1cc(Sc2ncccn2)ccc1S(N)(=O)=O. The van der Waals surface area contributed by atoms with Gasteiger partial charge in [-0.25, -0.2) is 23.5 Å². The summed E-state index contributed by atoms with van der Waals surface area (Å²) < 4.78 is 22.4. The topological polar surface area (TPSA) is 112 Å². The lowest BCUT2D eigenvalue weighted by Gasteiger charge is -2.05. The zero-order chi connectivity index (χ0) is 13.2. The highest BCUT2D eigenvalue weighted by molar-refractivity contribution is 7.99. The molecule has 0 amide bonds. The summed E-state index contributed by atoms with van der Waals surface area (Å²) in [4.78, 5) is 8.75. The Kier molecular flexibility index (Phi) is 3.50. The molecular weight excluding hydrogens is 272 g/mol. The van der Waals surface area contributed by atoms with E-state index < -0.39 is 10.0 Å². The molecule has 0 aliphatic rings. The summed E-state index contributed by atoms with van der Waals surface area (Å²) >= 11 is 1.28. The van der Waals surface area contributed by atoms with Crippen LogP contribution in [0.4, 0.5) is 5.69 Å². The Morgan fingerprint density at radius 2 is 1.83 bits per heavy atom. The molecule has 0 fully saturated rings. The third kappa shape index (κ3) is 2.97. The zero-order valence-corrected chi connectivity index (χ0v) is 10.8. The normalized spacial score (nSPS) is 11.4. The van der Waals surface area contributed by atoms with Crippen LogP contribution in [0.15, 0.2) is 51.6 Å². The molecule has 0 unspecified atom stereocenters. The minimum Gasteiger partial charge on any atom is -0.398 e. The molecule has 18 heavy (non-hydrogen) atoms. The van der Waals surface area contributed by atoms with Crippen molar-refractivity contribution in [3.8, 4) is 0 Å². The van der Waals surface area contributed by atoms with Gasteiger partial charge in [-0.15, -0.1) is 0 Å². The molecule has 2 aromatic rings. The summed E-state index contributed by atoms with van der Waals surface area (Å²) in [5.74, 6) is 0. The maximum absolute atomic E-state index is 11.2. The van der Waals surface area contributed by atoms with Crippen molar-refractivity contribution in [2.75, 3.05) is 5.73 Å². The van der Waals surface area contributed by atoms with Crippen molar-refractivity contribution in [1.82, 2.24) is 9.97 Å². The van der Waals surface area contributed by atoms with Gasteiger partial charge in [0.15, 0.2) is 5.16 Å². The molecular formula is C10H10N4O2S2. The van der Waals surface area contributed by atoms with Crippen molar-refractivity contribution in [3.63, 3.8) is 0 Å². The van der Waals surface area contributed by atoms with Crippen LogP contribution in [0, 0.1) is 0 Å². The van der Waals surface area contributed by atoms with E-state index in [9.17, 15) is 8.42 Å². The van der Waals surface area contributed by atoms with Gasteiger partial charge in [-0.05, 0) is 36.0 Å². The second kappa shape index (κ2) is 4.92. The van der Waals surface area contributed by atoms with Gasteiger partial charge in [0, 0.05) is 17.3 Å². The molecule has 2 rings (SSSR count). The molecule has 6 nitrogen and oxygen atoms in total. The Labute approximate surface area is 108 Å².